The standard InChI is InChI=1S/C27H21FN8O6/c1-12(14-3-5-15(6-4-14)27(41)42)32-26(40)19-9-18(33-20-11-31-35-36(19)20)25(39)30-10-13-2-7-16(28)17(8-13)34-22-21(29)23(37)24(22)38/h2-9,11-12,34H,10,29H2,1H3,(H,30,39)(H,32,40)(H,41,42)/t12-/m0/s1. The zero-order valence-corrected chi connectivity index (χ0v) is 21.7. The first-order valence-electron chi connectivity index (χ1n) is 12.3. The highest BCUT2D eigenvalue weighted by Crippen LogP contribution is 2.23. The second-order valence-electron chi connectivity index (χ2n) is 9.22. The number of carbonyl (C=O) groups is 3. The maximum atomic E-state index is 14.3. The molecule has 2 heterocycles. The van der Waals surface area contributed by atoms with Gasteiger partial charge in [0.05, 0.1) is 23.5 Å². The number of amides is 2. The van der Waals surface area contributed by atoms with Crippen LogP contribution in [0.25, 0.3) is 5.65 Å². The van der Waals surface area contributed by atoms with E-state index in [9.17, 15) is 28.4 Å². The van der Waals surface area contributed by atoms with Crippen LogP contribution in [0.3, 0.4) is 0 Å². The third kappa shape index (κ3) is 5.25. The molecule has 2 aromatic heterocycles. The minimum absolute atomic E-state index is 0.0319. The average molecular weight is 573 g/mol. The number of carboxylic acids is 1. The molecule has 0 radical (unpaired) electrons. The Morgan fingerprint density at radius 1 is 1.05 bits per heavy atom. The number of aromatic nitrogens is 4. The van der Waals surface area contributed by atoms with E-state index in [1.165, 1.54) is 36.5 Å². The molecule has 5 aromatic rings. The maximum Gasteiger partial charge on any atom is 0.335 e. The van der Waals surface area contributed by atoms with Gasteiger partial charge in [-0.3, -0.25) is 19.2 Å². The predicted molar refractivity (Wildman–Crippen MR) is 147 cm³/mol. The molecule has 2 amide bonds. The van der Waals surface area contributed by atoms with Crippen LogP contribution < -0.4 is 32.5 Å². The third-order valence-corrected chi connectivity index (χ3v) is 6.43. The Bertz CT molecular complexity index is 1950. The Kier molecular flexibility index (Phi) is 7.14. The number of aromatic carboxylic acids is 1. The van der Waals surface area contributed by atoms with Gasteiger partial charge in [0.25, 0.3) is 22.7 Å². The zero-order valence-electron chi connectivity index (χ0n) is 21.7. The quantitative estimate of drug-likeness (QED) is 0.159. The van der Waals surface area contributed by atoms with E-state index in [1.807, 2.05) is 0 Å². The molecule has 212 valence electrons. The number of carbonyl (C=O) groups excluding carboxylic acids is 2. The van der Waals surface area contributed by atoms with E-state index in [4.69, 9.17) is 10.8 Å². The summed E-state index contributed by atoms with van der Waals surface area (Å²) in [5.74, 6) is -3.03. The predicted octanol–water partition coefficient (Wildman–Crippen LogP) is 1.30. The summed E-state index contributed by atoms with van der Waals surface area (Å²) in [6, 6.07) is 10.6. The van der Waals surface area contributed by atoms with Crippen LogP contribution in [0.2, 0.25) is 0 Å². The van der Waals surface area contributed by atoms with E-state index in [0.29, 0.717) is 11.1 Å². The molecule has 42 heavy (non-hydrogen) atoms. The Balaban J connectivity index is 1.31. The molecule has 14 nitrogen and oxygen atoms in total. The van der Waals surface area contributed by atoms with Gasteiger partial charge in [-0.15, -0.1) is 5.10 Å². The monoisotopic (exact) mass is 572 g/mol. The normalized spacial score (nSPS) is 11.8. The van der Waals surface area contributed by atoms with Gasteiger partial charge in [0, 0.05) is 12.6 Å². The second kappa shape index (κ2) is 10.9. The number of hydrogen-bond donors (Lipinski definition) is 5. The minimum atomic E-state index is -1.07. The summed E-state index contributed by atoms with van der Waals surface area (Å²) in [4.78, 5) is 64.5. The number of anilines is 3. The Morgan fingerprint density at radius 3 is 2.48 bits per heavy atom. The van der Waals surface area contributed by atoms with Crippen LogP contribution in [0.4, 0.5) is 21.5 Å². The number of hydrogen-bond acceptors (Lipinski definition) is 10. The van der Waals surface area contributed by atoms with E-state index >= 15 is 0 Å². The van der Waals surface area contributed by atoms with Crippen molar-refractivity contribution in [1.82, 2.24) is 30.4 Å². The van der Waals surface area contributed by atoms with Crippen molar-refractivity contribution in [3.8, 4) is 0 Å². The fourth-order valence-corrected chi connectivity index (χ4v) is 4.09. The Labute approximate surface area is 234 Å². The molecular formula is C27H21FN8O6. The highest BCUT2D eigenvalue weighted by Gasteiger charge is 2.21. The summed E-state index contributed by atoms with van der Waals surface area (Å²) in [5, 5.41) is 24.6. The van der Waals surface area contributed by atoms with Crippen LogP contribution in [-0.2, 0) is 6.54 Å². The lowest BCUT2D eigenvalue weighted by Gasteiger charge is -2.15. The van der Waals surface area contributed by atoms with Gasteiger partial charge < -0.3 is 26.8 Å². The van der Waals surface area contributed by atoms with Crippen LogP contribution in [0, 0.1) is 5.82 Å². The molecule has 0 aliphatic carbocycles. The van der Waals surface area contributed by atoms with Gasteiger partial charge in [-0.25, -0.2) is 14.2 Å². The molecule has 15 heteroatoms. The van der Waals surface area contributed by atoms with Gasteiger partial charge in [0.2, 0.25) is 0 Å². The van der Waals surface area contributed by atoms with Gasteiger partial charge in [-0.05, 0) is 42.3 Å². The summed E-state index contributed by atoms with van der Waals surface area (Å²) in [6.45, 7) is 1.63. The molecule has 1 atom stereocenters. The molecule has 0 bridgehead atoms. The molecule has 0 saturated heterocycles. The molecule has 0 unspecified atom stereocenters. The average Bonchev–Trinajstić information content (AvgIpc) is 3.47. The summed E-state index contributed by atoms with van der Waals surface area (Å²) >= 11 is 0. The molecule has 3 aromatic carbocycles. The van der Waals surface area contributed by atoms with Gasteiger partial charge in [0.1, 0.15) is 28.6 Å². The number of benzene rings is 2. The molecule has 5 rings (SSSR count). The van der Waals surface area contributed by atoms with Crippen molar-refractivity contribution < 1.29 is 23.9 Å². The number of nitrogens with zero attached hydrogens (tertiary/aromatic N) is 4. The molecule has 0 saturated carbocycles. The molecule has 0 aliphatic heterocycles. The molecule has 0 spiro atoms. The van der Waals surface area contributed by atoms with E-state index in [2.05, 4.69) is 31.2 Å². The number of halogens is 1. The fraction of sp³-hybridized carbons (Fsp3) is 0.111. The van der Waals surface area contributed by atoms with Crippen LogP contribution >= 0.6 is 0 Å². The van der Waals surface area contributed by atoms with Crippen molar-refractivity contribution in [3.63, 3.8) is 0 Å². The summed E-state index contributed by atoms with van der Waals surface area (Å²) in [7, 11) is 0. The van der Waals surface area contributed by atoms with E-state index in [-0.39, 0.29) is 46.2 Å². The van der Waals surface area contributed by atoms with Crippen molar-refractivity contribution in [2.45, 2.75) is 19.5 Å². The lowest BCUT2D eigenvalue weighted by Crippen LogP contribution is -2.36. The minimum Gasteiger partial charge on any atom is -0.478 e. The smallest absolute Gasteiger partial charge is 0.335 e. The van der Waals surface area contributed by atoms with Crippen molar-refractivity contribution in [2.24, 2.45) is 0 Å². The van der Waals surface area contributed by atoms with Crippen LogP contribution in [-0.4, -0.2) is 42.7 Å². The fourth-order valence-electron chi connectivity index (χ4n) is 4.09. The maximum absolute atomic E-state index is 14.3. The van der Waals surface area contributed by atoms with E-state index in [0.717, 1.165) is 10.6 Å². The van der Waals surface area contributed by atoms with Gasteiger partial charge in [-0.2, -0.15) is 4.52 Å². The second-order valence-corrected chi connectivity index (χ2v) is 9.22. The SMILES string of the molecule is C[C@H](NC(=O)c1cc(C(=O)NCc2ccc(F)c(Nc3c(N)c(=O)c3=O)c2)nc2cnnn12)c1ccc(C(=O)O)cc1. The number of nitrogens with two attached hydrogens (primary N) is 1. The third-order valence-electron chi connectivity index (χ3n) is 6.43. The Morgan fingerprint density at radius 2 is 1.79 bits per heavy atom. The summed E-state index contributed by atoms with van der Waals surface area (Å²) < 4.78 is 15.5. The van der Waals surface area contributed by atoms with E-state index in [1.54, 1.807) is 19.1 Å². The molecule has 6 N–H and O–H groups in total. The van der Waals surface area contributed by atoms with Crippen molar-refractivity contribution in [1.29, 1.82) is 0 Å². The molecule has 0 aliphatic rings. The first kappa shape index (κ1) is 27.6. The van der Waals surface area contributed by atoms with Crippen molar-refractivity contribution >= 4 is 40.5 Å². The van der Waals surface area contributed by atoms with Crippen LogP contribution in [0.15, 0.2) is 64.3 Å². The number of fused-ring (bicyclic) bond motifs is 1. The Hall–Kier alpha value is -5.99. The highest BCUT2D eigenvalue weighted by molar-refractivity contribution is 5.98. The number of nitrogen functional groups attached to an aromatic ring is 1. The largest absolute Gasteiger partial charge is 0.478 e. The number of carboxylic acid groups (broad SMARTS) is 1. The summed E-state index contributed by atoms with van der Waals surface area (Å²) in [5.41, 5.74) is 4.35. The topological polar surface area (TPSA) is 211 Å². The lowest BCUT2D eigenvalue weighted by atomic mass is 10.1. The van der Waals surface area contributed by atoms with E-state index < -0.39 is 40.5 Å². The first-order valence-corrected chi connectivity index (χ1v) is 12.3. The van der Waals surface area contributed by atoms with Gasteiger partial charge >= 0.3 is 5.97 Å². The van der Waals surface area contributed by atoms with Gasteiger partial charge in [0.15, 0.2) is 5.65 Å². The van der Waals surface area contributed by atoms with Crippen molar-refractivity contribution in [3.05, 3.63) is 109 Å². The number of rotatable bonds is 9. The number of nitrogens with one attached hydrogen (secondary N) is 3. The van der Waals surface area contributed by atoms with Crippen LogP contribution in [0.5, 0.6) is 0 Å². The first-order chi connectivity index (χ1) is 20.0. The zero-order chi connectivity index (χ0) is 30.1. The summed E-state index contributed by atoms with van der Waals surface area (Å²) in [6.07, 6.45) is 1.27. The molecule has 0 fully saturated rings. The van der Waals surface area contributed by atoms with Crippen molar-refractivity contribution in [2.75, 3.05) is 11.1 Å². The molecular weight excluding hydrogens is 551 g/mol. The highest BCUT2D eigenvalue weighted by atomic mass is 19.1. The lowest BCUT2D eigenvalue weighted by molar-refractivity contribution is 0.0696. The van der Waals surface area contributed by atoms with Crippen LogP contribution in [0.1, 0.15) is 55.4 Å². The van der Waals surface area contributed by atoms with Gasteiger partial charge in [-0.1, -0.05) is 23.4 Å².